The molecule has 0 radical (unpaired) electrons. The number of guanidine groups is 1. The van der Waals surface area contributed by atoms with E-state index in [-0.39, 0.29) is 0 Å². The van der Waals surface area contributed by atoms with E-state index in [1.54, 1.807) is 0 Å². The average molecular weight is 444 g/mol. The second-order valence-corrected chi connectivity index (χ2v) is 8.70. The third-order valence-corrected chi connectivity index (χ3v) is 6.87. The van der Waals surface area contributed by atoms with Crippen LogP contribution in [0.4, 0.5) is 0 Å². The number of aliphatic imine (C=N–C) groups is 1. The Morgan fingerprint density at radius 2 is 1.84 bits per heavy atom. The number of nitrogens with zero attached hydrogens (tertiary/aromatic N) is 3. The highest BCUT2D eigenvalue weighted by Crippen LogP contribution is 2.25. The first kappa shape index (κ1) is 23.7. The molecule has 2 N–H and O–H groups in total. The number of morpholine rings is 1. The Labute approximate surface area is 191 Å². The Bertz CT molecular complexity index is 785. The summed E-state index contributed by atoms with van der Waals surface area (Å²) in [6.45, 7) is 12.7. The Hall–Kier alpha value is -1.93. The molecule has 2 heterocycles. The molecule has 1 aliphatic rings. The second kappa shape index (κ2) is 12.8. The van der Waals surface area contributed by atoms with Crippen LogP contribution in [0.15, 0.2) is 46.8 Å². The molecule has 31 heavy (non-hydrogen) atoms. The molecule has 1 saturated heterocycles. The van der Waals surface area contributed by atoms with Gasteiger partial charge in [0.15, 0.2) is 5.96 Å². The van der Waals surface area contributed by atoms with Gasteiger partial charge in [-0.2, -0.15) is 0 Å². The summed E-state index contributed by atoms with van der Waals surface area (Å²) in [5.41, 5.74) is 2.69. The smallest absolute Gasteiger partial charge is 0.191 e. The summed E-state index contributed by atoms with van der Waals surface area (Å²) in [6.07, 6.45) is 0. The molecule has 7 heteroatoms. The fraction of sp³-hybridized carbons (Fsp3) is 0.542. The van der Waals surface area contributed by atoms with Crippen LogP contribution in [0.3, 0.4) is 0 Å². The predicted molar refractivity (Wildman–Crippen MR) is 131 cm³/mol. The lowest BCUT2D eigenvalue weighted by Gasteiger charge is -2.34. The molecule has 0 amide bonds. The summed E-state index contributed by atoms with van der Waals surface area (Å²) in [5, 5.41) is 9.24. The molecule has 170 valence electrons. The molecule has 1 atom stereocenters. The molecule has 6 nitrogen and oxygen atoms in total. The van der Waals surface area contributed by atoms with E-state index < -0.39 is 0 Å². The van der Waals surface area contributed by atoms with E-state index in [2.05, 4.69) is 81.1 Å². The van der Waals surface area contributed by atoms with Gasteiger partial charge in [-0.3, -0.25) is 14.8 Å². The minimum Gasteiger partial charge on any atom is -0.379 e. The highest BCUT2D eigenvalue weighted by molar-refractivity contribution is 7.10. The third kappa shape index (κ3) is 7.04. The van der Waals surface area contributed by atoms with Gasteiger partial charge in [-0.1, -0.05) is 44.2 Å². The Kier molecular flexibility index (Phi) is 9.81. The average Bonchev–Trinajstić information content (AvgIpc) is 3.35. The van der Waals surface area contributed by atoms with Gasteiger partial charge in [0.2, 0.25) is 0 Å². The first-order valence-electron chi connectivity index (χ1n) is 11.3. The molecule has 1 aromatic carbocycles. The summed E-state index contributed by atoms with van der Waals surface area (Å²) >= 11 is 1.82. The highest BCUT2D eigenvalue weighted by atomic mass is 32.1. The molecule has 1 unspecified atom stereocenters. The van der Waals surface area contributed by atoms with Gasteiger partial charge in [0.1, 0.15) is 0 Å². The molecular weight excluding hydrogens is 406 g/mol. The van der Waals surface area contributed by atoms with Gasteiger partial charge in [-0.05, 0) is 35.7 Å². The third-order valence-electron chi connectivity index (χ3n) is 5.90. The van der Waals surface area contributed by atoms with Gasteiger partial charge in [-0.15, -0.1) is 11.3 Å². The van der Waals surface area contributed by atoms with Crippen molar-refractivity contribution in [2.75, 3.05) is 53.0 Å². The van der Waals surface area contributed by atoms with Crippen molar-refractivity contribution in [2.24, 2.45) is 4.99 Å². The van der Waals surface area contributed by atoms with Crippen LogP contribution >= 0.6 is 11.3 Å². The lowest BCUT2D eigenvalue weighted by Crippen LogP contribution is -2.46. The van der Waals surface area contributed by atoms with Crippen LogP contribution in [0, 0.1) is 0 Å². The molecule has 0 spiro atoms. The zero-order chi connectivity index (χ0) is 21.9. The quantitative estimate of drug-likeness (QED) is 0.436. The summed E-state index contributed by atoms with van der Waals surface area (Å²) in [7, 11) is 1.84. The lowest BCUT2D eigenvalue weighted by atomic mass is 10.1. The van der Waals surface area contributed by atoms with E-state index in [9.17, 15) is 0 Å². The van der Waals surface area contributed by atoms with Crippen molar-refractivity contribution in [1.29, 1.82) is 0 Å². The van der Waals surface area contributed by atoms with Crippen molar-refractivity contribution in [1.82, 2.24) is 20.4 Å². The molecule has 1 aliphatic heterocycles. The molecule has 1 aromatic heterocycles. The van der Waals surface area contributed by atoms with Crippen LogP contribution in [0.1, 0.15) is 35.9 Å². The number of thiophene rings is 1. The fourth-order valence-corrected chi connectivity index (χ4v) is 4.81. The molecule has 0 bridgehead atoms. The van der Waals surface area contributed by atoms with Gasteiger partial charge in [-0.25, -0.2) is 0 Å². The summed E-state index contributed by atoms with van der Waals surface area (Å²) in [6, 6.07) is 13.4. The van der Waals surface area contributed by atoms with E-state index in [1.165, 1.54) is 16.0 Å². The fourth-order valence-electron chi connectivity index (χ4n) is 3.94. The Morgan fingerprint density at radius 3 is 2.48 bits per heavy atom. The minimum atomic E-state index is 0.331. The van der Waals surface area contributed by atoms with E-state index in [0.29, 0.717) is 6.04 Å². The first-order valence-corrected chi connectivity index (χ1v) is 12.2. The van der Waals surface area contributed by atoms with Crippen LogP contribution in [0.2, 0.25) is 0 Å². The van der Waals surface area contributed by atoms with Gasteiger partial charge in [0, 0.05) is 44.6 Å². The number of hydrogen-bond donors (Lipinski definition) is 2. The van der Waals surface area contributed by atoms with Gasteiger partial charge in [0.05, 0.1) is 19.3 Å². The second-order valence-electron chi connectivity index (χ2n) is 7.72. The largest absolute Gasteiger partial charge is 0.379 e. The maximum Gasteiger partial charge on any atom is 0.191 e. The molecular formula is C24H37N5OS. The number of nitrogens with one attached hydrogen (secondary N) is 2. The highest BCUT2D eigenvalue weighted by Gasteiger charge is 2.23. The Morgan fingerprint density at radius 1 is 1.10 bits per heavy atom. The molecule has 3 rings (SSSR count). The Balaban J connectivity index is 1.59. The van der Waals surface area contributed by atoms with Crippen molar-refractivity contribution in [3.05, 3.63) is 57.8 Å². The molecule has 0 saturated carbocycles. The van der Waals surface area contributed by atoms with E-state index in [1.807, 2.05) is 18.4 Å². The summed E-state index contributed by atoms with van der Waals surface area (Å²) < 4.78 is 5.56. The minimum absolute atomic E-state index is 0.331. The first-order chi connectivity index (χ1) is 15.2. The standard InChI is InChI=1S/C24H37N5OS/c1-4-28(5-2)19-21-10-7-6-9-20(21)17-26-24(25-3)27-18-22(23-11-8-16-31-23)29-12-14-30-15-13-29/h6-11,16,22H,4-5,12-15,17-19H2,1-3H3,(H2,25,26,27). The summed E-state index contributed by atoms with van der Waals surface area (Å²) in [4.78, 5) is 10.8. The van der Waals surface area contributed by atoms with E-state index in [4.69, 9.17) is 4.74 Å². The van der Waals surface area contributed by atoms with Crippen molar-refractivity contribution < 1.29 is 4.74 Å². The zero-order valence-electron chi connectivity index (χ0n) is 19.1. The van der Waals surface area contributed by atoms with E-state index in [0.717, 1.165) is 65.0 Å². The van der Waals surface area contributed by atoms with E-state index >= 15 is 0 Å². The van der Waals surface area contributed by atoms with Crippen LogP contribution in [0.5, 0.6) is 0 Å². The normalized spacial score (nSPS) is 16.5. The van der Waals surface area contributed by atoms with Crippen LogP contribution < -0.4 is 10.6 Å². The zero-order valence-corrected chi connectivity index (χ0v) is 20.0. The molecule has 2 aromatic rings. The topological polar surface area (TPSA) is 52.1 Å². The lowest BCUT2D eigenvalue weighted by molar-refractivity contribution is 0.0177. The monoisotopic (exact) mass is 443 g/mol. The molecule has 0 aliphatic carbocycles. The van der Waals surface area contributed by atoms with Gasteiger partial charge >= 0.3 is 0 Å². The number of rotatable bonds is 10. The molecule has 1 fully saturated rings. The van der Waals surface area contributed by atoms with Crippen LogP contribution in [0.25, 0.3) is 0 Å². The van der Waals surface area contributed by atoms with Crippen molar-refractivity contribution in [2.45, 2.75) is 33.0 Å². The number of hydrogen-bond acceptors (Lipinski definition) is 5. The van der Waals surface area contributed by atoms with Gasteiger partial charge in [0.25, 0.3) is 0 Å². The maximum atomic E-state index is 5.56. The maximum absolute atomic E-state index is 5.56. The SMILES string of the molecule is CCN(CC)Cc1ccccc1CNC(=NC)NCC(c1cccs1)N1CCOCC1. The van der Waals surface area contributed by atoms with Crippen molar-refractivity contribution >= 4 is 17.3 Å². The van der Waals surface area contributed by atoms with Crippen molar-refractivity contribution in [3.8, 4) is 0 Å². The predicted octanol–water partition coefficient (Wildman–Crippen LogP) is 3.33. The number of ether oxygens (including phenoxy) is 1. The van der Waals surface area contributed by atoms with Crippen LogP contribution in [-0.4, -0.2) is 68.7 Å². The number of benzene rings is 1. The summed E-state index contributed by atoms with van der Waals surface area (Å²) in [5.74, 6) is 0.840. The van der Waals surface area contributed by atoms with Crippen LogP contribution in [-0.2, 0) is 17.8 Å². The van der Waals surface area contributed by atoms with Crippen molar-refractivity contribution in [3.63, 3.8) is 0 Å². The van der Waals surface area contributed by atoms with Gasteiger partial charge < -0.3 is 15.4 Å².